The van der Waals surface area contributed by atoms with Gasteiger partial charge >= 0.3 is 12.1 Å². The molecular weight excluding hydrogens is 379 g/mol. The fourth-order valence-electron chi connectivity index (χ4n) is 2.47. The van der Waals surface area contributed by atoms with Gasteiger partial charge in [-0.05, 0) is 23.8 Å². The quantitative estimate of drug-likeness (QED) is 0.630. The van der Waals surface area contributed by atoms with Crippen LogP contribution in [0.25, 0.3) is 0 Å². The third-order valence-corrected chi connectivity index (χ3v) is 3.89. The molecule has 6 nitrogen and oxygen atoms in total. The Balaban J connectivity index is 1.84. The van der Waals surface area contributed by atoms with Crippen LogP contribution in [0.4, 0.5) is 18.9 Å². The van der Waals surface area contributed by atoms with E-state index in [1.807, 2.05) is 0 Å². The fourth-order valence-corrected chi connectivity index (χ4v) is 2.47. The van der Waals surface area contributed by atoms with Crippen LogP contribution in [0.15, 0.2) is 48.7 Å². The van der Waals surface area contributed by atoms with Gasteiger partial charge in [-0.15, -0.1) is 0 Å². The first-order valence-electron chi connectivity index (χ1n) is 7.92. The molecule has 0 aliphatic carbocycles. The van der Waals surface area contributed by atoms with Crippen molar-refractivity contribution in [2.75, 3.05) is 12.4 Å². The number of methoxy groups -OCH3 is 1. The Hall–Kier alpha value is -3.49. The number of benzene rings is 2. The van der Waals surface area contributed by atoms with Crippen LogP contribution in [0.2, 0.25) is 0 Å². The molecule has 0 atom stereocenters. The first-order chi connectivity index (χ1) is 13.2. The number of carbonyl (C=O) groups is 2. The van der Waals surface area contributed by atoms with Crippen molar-refractivity contribution in [2.45, 2.75) is 12.8 Å². The van der Waals surface area contributed by atoms with E-state index in [2.05, 4.69) is 11.9 Å². The average Bonchev–Trinajstić information content (AvgIpc) is 2.66. The highest BCUT2D eigenvalue weighted by Crippen LogP contribution is 2.38. The first-order valence-corrected chi connectivity index (χ1v) is 7.92. The average molecular weight is 393 g/mol. The van der Waals surface area contributed by atoms with Crippen molar-refractivity contribution in [2.24, 2.45) is 0 Å². The van der Waals surface area contributed by atoms with Crippen LogP contribution in [0.3, 0.4) is 0 Å². The Morgan fingerprint density at radius 1 is 1.21 bits per heavy atom. The molecule has 1 N–H and O–H groups in total. The van der Waals surface area contributed by atoms with E-state index in [4.69, 9.17) is 14.2 Å². The highest BCUT2D eigenvalue weighted by molar-refractivity contribution is 6.10. The summed E-state index contributed by atoms with van der Waals surface area (Å²) in [5, 5.41) is 2.49. The number of hydrogen-bond donors (Lipinski definition) is 1. The topological polar surface area (TPSA) is 73.9 Å². The third-order valence-electron chi connectivity index (χ3n) is 3.89. The van der Waals surface area contributed by atoms with Crippen molar-refractivity contribution < 1.29 is 37.0 Å². The highest BCUT2D eigenvalue weighted by Gasteiger charge is 2.30. The number of halogens is 3. The van der Waals surface area contributed by atoms with Crippen LogP contribution in [0.1, 0.15) is 21.5 Å². The van der Waals surface area contributed by atoms with E-state index in [1.54, 1.807) is 0 Å². The molecule has 0 saturated heterocycles. The second-order valence-electron chi connectivity index (χ2n) is 5.80. The van der Waals surface area contributed by atoms with E-state index < -0.39 is 23.6 Å². The van der Waals surface area contributed by atoms with Gasteiger partial charge in [-0.1, -0.05) is 18.7 Å². The summed E-state index contributed by atoms with van der Waals surface area (Å²) < 4.78 is 53.4. The van der Waals surface area contributed by atoms with Crippen LogP contribution in [-0.4, -0.2) is 19.0 Å². The van der Waals surface area contributed by atoms with Gasteiger partial charge in [-0.2, -0.15) is 13.2 Å². The molecule has 0 saturated carbocycles. The lowest BCUT2D eigenvalue weighted by atomic mass is 10.1. The molecule has 1 amide bonds. The fraction of sp³-hybridized carbons (Fsp3) is 0.158. The summed E-state index contributed by atoms with van der Waals surface area (Å²) in [7, 11) is 1.18. The second kappa shape index (κ2) is 7.26. The summed E-state index contributed by atoms with van der Waals surface area (Å²) in [5.74, 6) is -1.16. The van der Waals surface area contributed by atoms with Crippen LogP contribution in [0.5, 0.6) is 11.5 Å². The summed E-state index contributed by atoms with van der Waals surface area (Å²) in [6.07, 6.45) is -4.42. The summed E-state index contributed by atoms with van der Waals surface area (Å²) in [4.78, 5) is 23.7. The van der Waals surface area contributed by atoms with Crippen molar-refractivity contribution in [3.05, 3.63) is 65.4 Å². The summed E-state index contributed by atoms with van der Waals surface area (Å²) in [5.41, 5.74) is -0.154. The largest absolute Gasteiger partial charge is 0.489 e. The number of fused-ring (bicyclic) bond motifs is 1. The molecule has 2 aromatic rings. The van der Waals surface area contributed by atoms with Crippen molar-refractivity contribution in [1.29, 1.82) is 0 Å². The van der Waals surface area contributed by atoms with E-state index in [0.717, 1.165) is 12.1 Å². The van der Waals surface area contributed by atoms with Crippen LogP contribution >= 0.6 is 0 Å². The number of anilines is 1. The Morgan fingerprint density at radius 2 is 1.89 bits per heavy atom. The Kier molecular flexibility index (Phi) is 5.00. The molecule has 1 heterocycles. The molecule has 1 aliphatic heterocycles. The number of carbonyl (C=O) groups excluding carboxylic acids is 2. The summed E-state index contributed by atoms with van der Waals surface area (Å²) in [6.45, 7) is 3.41. The van der Waals surface area contributed by atoms with Crippen LogP contribution in [-0.2, 0) is 22.3 Å². The SMILES string of the molecule is C=C1Oc2cc(OCc3ccc(C(F)(F)F)cc3)cc(C(=O)OC)c2NC1=O. The normalized spacial score (nSPS) is 13.3. The zero-order valence-electron chi connectivity index (χ0n) is 14.6. The minimum absolute atomic E-state index is 0.00303. The Morgan fingerprint density at radius 3 is 2.50 bits per heavy atom. The van der Waals surface area contributed by atoms with Gasteiger partial charge < -0.3 is 19.5 Å². The van der Waals surface area contributed by atoms with Crippen molar-refractivity contribution in [3.63, 3.8) is 0 Å². The lowest BCUT2D eigenvalue weighted by Gasteiger charge is -2.22. The van der Waals surface area contributed by atoms with Gasteiger partial charge in [0, 0.05) is 6.07 Å². The second-order valence-corrected chi connectivity index (χ2v) is 5.80. The van der Waals surface area contributed by atoms with Gasteiger partial charge in [0.1, 0.15) is 12.4 Å². The van der Waals surface area contributed by atoms with Gasteiger partial charge in [-0.25, -0.2) is 4.79 Å². The van der Waals surface area contributed by atoms with E-state index >= 15 is 0 Å². The molecule has 28 heavy (non-hydrogen) atoms. The van der Waals surface area contributed by atoms with E-state index in [-0.39, 0.29) is 35.1 Å². The highest BCUT2D eigenvalue weighted by atomic mass is 19.4. The lowest BCUT2D eigenvalue weighted by Crippen LogP contribution is -2.25. The molecule has 0 aromatic heterocycles. The predicted molar refractivity (Wildman–Crippen MR) is 92.0 cm³/mol. The van der Waals surface area contributed by atoms with Gasteiger partial charge in [0.25, 0.3) is 5.91 Å². The van der Waals surface area contributed by atoms with E-state index in [9.17, 15) is 22.8 Å². The molecule has 146 valence electrons. The maximum atomic E-state index is 12.6. The van der Waals surface area contributed by atoms with Gasteiger partial charge in [0.2, 0.25) is 0 Å². The summed E-state index contributed by atoms with van der Waals surface area (Å²) in [6, 6.07) is 7.26. The van der Waals surface area contributed by atoms with Crippen molar-refractivity contribution in [1.82, 2.24) is 0 Å². The third kappa shape index (κ3) is 3.93. The number of ether oxygens (including phenoxy) is 3. The zero-order valence-corrected chi connectivity index (χ0v) is 14.6. The predicted octanol–water partition coefficient (Wildman–Crippen LogP) is 3.92. The van der Waals surface area contributed by atoms with Crippen LogP contribution in [0, 0.1) is 0 Å². The van der Waals surface area contributed by atoms with Gasteiger partial charge in [0.05, 0.1) is 23.9 Å². The molecule has 1 aliphatic rings. The molecule has 2 aromatic carbocycles. The smallest absolute Gasteiger partial charge is 0.416 e. The number of esters is 1. The number of hydrogen-bond acceptors (Lipinski definition) is 5. The Bertz CT molecular complexity index is 951. The number of amides is 1. The van der Waals surface area contributed by atoms with Crippen molar-refractivity contribution >= 4 is 17.6 Å². The maximum Gasteiger partial charge on any atom is 0.416 e. The molecule has 9 heteroatoms. The molecule has 0 fully saturated rings. The molecular formula is C19H14F3NO5. The van der Waals surface area contributed by atoms with Gasteiger partial charge in [-0.3, -0.25) is 4.79 Å². The minimum atomic E-state index is -4.42. The van der Waals surface area contributed by atoms with Crippen molar-refractivity contribution in [3.8, 4) is 11.5 Å². The summed E-state index contributed by atoms with van der Waals surface area (Å²) >= 11 is 0. The minimum Gasteiger partial charge on any atom is -0.489 e. The maximum absolute atomic E-state index is 12.6. The molecule has 0 unspecified atom stereocenters. The molecule has 0 radical (unpaired) electrons. The molecule has 0 spiro atoms. The zero-order chi connectivity index (χ0) is 20.5. The standard InChI is InChI=1S/C19H14F3NO5/c1-10-17(24)23-16-14(18(25)26-2)7-13(8-15(16)28-10)27-9-11-3-5-12(6-4-11)19(20,21)22/h3-8H,1,9H2,2H3,(H,23,24). The van der Waals surface area contributed by atoms with Crippen LogP contribution < -0.4 is 14.8 Å². The first kappa shape index (κ1) is 19.3. The van der Waals surface area contributed by atoms with E-state index in [0.29, 0.717) is 5.56 Å². The number of nitrogens with one attached hydrogen (secondary N) is 1. The monoisotopic (exact) mass is 393 g/mol. The number of alkyl halides is 3. The number of rotatable bonds is 4. The lowest BCUT2D eigenvalue weighted by molar-refractivity contribution is -0.137. The molecule has 0 bridgehead atoms. The van der Waals surface area contributed by atoms with E-state index in [1.165, 1.54) is 31.4 Å². The van der Waals surface area contributed by atoms with Gasteiger partial charge in [0.15, 0.2) is 11.5 Å². The molecule has 3 rings (SSSR count). The Labute approximate surface area is 157 Å².